The highest BCUT2D eigenvalue weighted by Crippen LogP contribution is 2.35. The van der Waals surface area contributed by atoms with E-state index in [1.165, 1.54) is 5.56 Å². The monoisotopic (exact) mass is 435 g/mol. The van der Waals surface area contributed by atoms with Gasteiger partial charge in [-0.05, 0) is 60.0 Å². The van der Waals surface area contributed by atoms with Crippen molar-refractivity contribution in [3.8, 4) is 34.3 Å². The molecule has 0 unspecified atom stereocenters. The van der Waals surface area contributed by atoms with Gasteiger partial charge in [0.1, 0.15) is 5.82 Å². The van der Waals surface area contributed by atoms with Gasteiger partial charge in [-0.25, -0.2) is 4.98 Å². The van der Waals surface area contributed by atoms with Crippen LogP contribution in [0, 0.1) is 18.3 Å². The fourth-order valence-electron chi connectivity index (χ4n) is 4.77. The Bertz CT molecular complexity index is 1720. The van der Waals surface area contributed by atoms with Crippen molar-refractivity contribution in [1.29, 1.82) is 5.26 Å². The van der Waals surface area contributed by atoms with Crippen LogP contribution in [-0.4, -0.2) is 9.55 Å². The summed E-state index contributed by atoms with van der Waals surface area (Å²) in [7, 11) is 0. The van der Waals surface area contributed by atoms with Crippen molar-refractivity contribution >= 4 is 21.8 Å². The molecule has 160 valence electrons. The van der Waals surface area contributed by atoms with Crippen LogP contribution in [0.3, 0.4) is 0 Å². The highest BCUT2D eigenvalue weighted by molar-refractivity contribution is 6.09. The molecule has 6 aromatic rings. The molecule has 0 amide bonds. The number of rotatable bonds is 3. The molecule has 0 atom stereocenters. The molecule has 0 fully saturated rings. The van der Waals surface area contributed by atoms with Crippen molar-refractivity contribution in [1.82, 2.24) is 9.55 Å². The first-order valence-corrected chi connectivity index (χ1v) is 11.3. The lowest BCUT2D eigenvalue weighted by atomic mass is 9.97. The van der Waals surface area contributed by atoms with Crippen molar-refractivity contribution < 1.29 is 0 Å². The van der Waals surface area contributed by atoms with E-state index in [9.17, 15) is 5.26 Å². The molecule has 2 heterocycles. The Labute approximate surface area is 198 Å². The zero-order valence-electron chi connectivity index (χ0n) is 18.7. The molecule has 0 aliphatic rings. The van der Waals surface area contributed by atoms with Crippen molar-refractivity contribution in [3.05, 3.63) is 120 Å². The molecule has 0 spiro atoms. The molecule has 0 saturated heterocycles. The highest BCUT2D eigenvalue weighted by Gasteiger charge is 2.16. The largest absolute Gasteiger partial charge is 0.294 e. The summed E-state index contributed by atoms with van der Waals surface area (Å²) in [6.45, 7) is 2.11. The first kappa shape index (κ1) is 20.0. The summed E-state index contributed by atoms with van der Waals surface area (Å²) in [5.41, 5.74) is 8.29. The van der Waals surface area contributed by atoms with E-state index >= 15 is 0 Å². The van der Waals surface area contributed by atoms with Gasteiger partial charge in [0.2, 0.25) is 0 Å². The smallest absolute Gasteiger partial charge is 0.138 e. The van der Waals surface area contributed by atoms with Crippen molar-refractivity contribution in [2.45, 2.75) is 6.92 Å². The minimum absolute atomic E-state index is 0.657. The summed E-state index contributed by atoms with van der Waals surface area (Å²) >= 11 is 0. The maximum absolute atomic E-state index is 9.44. The first-order chi connectivity index (χ1) is 16.7. The molecule has 0 aliphatic heterocycles. The SMILES string of the molecule is Cc1cc(-c2ccccc2-c2ccccc2)nc(-n2c3ccccc3c3cc(C#N)ccc32)c1. The van der Waals surface area contributed by atoms with Crippen LogP contribution in [0.1, 0.15) is 11.1 Å². The average Bonchev–Trinajstić information content (AvgIpc) is 3.22. The number of aryl methyl sites for hydroxylation is 1. The molecule has 34 heavy (non-hydrogen) atoms. The number of nitriles is 1. The number of pyridine rings is 1. The third kappa shape index (κ3) is 3.25. The first-order valence-electron chi connectivity index (χ1n) is 11.3. The summed E-state index contributed by atoms with van der Waals surface area (Å²) in [6, 6.07) is 39.6. The summed E-state index contributed by atoms with van der Waals surface area (Å²) in [4.78, 5) is 5.17. The van der Waals surface area contributed by atoms with Crippen molar-refractivity contribution in [2.75, 3.05) is 0 Å². The quantitative estimate of drug-likeness (QED) is 0.286. The van der Waals surface area contributed by atoms with Crippen LogP contribution in [0.2, 0.25) is 0 Å². The Morgan fingerprint density at radius 3 is 2.21 bits per heavy atom. The summed E-state index contributed by atoms with van der Waals surface area (Å²) in [5.74, 6) is 0.869. The Balaban J connectivity index is 1.62. The number of aromatic nitrogens is 2. The molecule has 2 aromatic heterocycles. The highest BCUT2D eigenvalue weighted by atomic mass is 15.1. The standard InChI is InChI=1S/C31H21N3/c1-21-17-28(25-12-6-5-11-24(25)23-9-3-2-4-10-23)33-31(18-21)34-29-14-8-7-13-26(29)27-19-22(20-32)15-16-30(27)34/h2-19H,1H3. The van der Waals surface area contributed by atoms with E-state index in [1.807, 2.05) is 36.4 Å². The van der Waals surface area contributed by atoms with E-state index in [0.717, 1.165) is 50.0 Å². The van der Waals surface area contributed by atoms with Crippen LogP contribution < -0.4 is 0 Å². The Morgan fingerprint density at radius 1 is 0.676 bits per heavy atom. The molecule has 4 aromatic carbocycles. The zero-order chi connectivity index (χ0) is 23.1. The van der Waals surface area contributed by atoms with E-state index in [2.05, 4.69) is 90.4 Å². The molecular weight excluding hydrogens is 414 g/mol. The lowest BCUT2D eigenvalue weighted by Crippen LogP contribution is -2.00. The maximum Gasteiger partial charge on any atom is 0.138 e. The second-order valence-electron chi connectivity index (χ2n) is 8.50. The van der Waals surface area contributed by atoms with Gasteiger partial charge < -0.3 is 0 Å². The summed E-state index contributed by atoms with van der Waals surface area (Å²) < 4.78 is 2.20. The van der Waals surface area contributed by atoms with Gasteiger partial charge in [0, 0.05) is 16.3 Å². The second kappa shape index (κ2) is 8.03. The van der Waals surface area contributed by atoms with E-state index in [4.69, 9.17) is 4.98 Å². The molecule has 0 radical (unpaired) electrons. The zero-order valence-corrected chi connectivity index (χ0v) is 18.7. The molecular formula is C31H21N3. The minimum atomic E-state index is 0.657. The van der Waals surface area contributed by atoms with Crippen LogP contribution in [0.4, 0.5) is 0 Å². The molecule has 3 heteroatoms. The van der Waals surface area contributed by atoms with E-state index in [-0.39, 0.29) is 0 Å². The van der Waals surface area contributed by atoms with E-state index in [0.29, 0.717) is 5.56 Å². The second-order valence-corrected chi connectivity index (χ2v) is 8.50. The van der Waals surface area contributed by atoms with Gasteiger partial charge in [0.25, 0.3) is 0 Å². The summed E-state index contributed by atoms with van der Waals surface area (Å²) in [5, 5.41) is 11.6. The van der Waals surface area contributed by atoms with Crippen LogP contribution in [-0.2, 0) is 0 Å². The van der Waals surface area contributed by atoms with Gasteiger partial charge in [-0.2, -0.15) is 5.26 Å². The number of benzene rings is 4. The van der Waals surface area contributed by atoms with E-state index in [1.54, 1.807) is 0 Å². The third-order valence-corrected chi connectivity index (χ3v) is 6.27. The van der Waals surface area contributed by atoms with Crippen molar-refractivity contribution in [3.63, 3.8) is 0 Å². The number of fused-ring (bicyclic) bond motifs is 3. The summed E-state index contributed by atoms with van der Waals surface area (Å²) in [6.07, 6.45) is 0. The number of hydrogen-bond acceptors (Lipinski definition) is 2. The third-order valence-electron chi connectivity index (χ3n) is 6.27. The molecule has 6 rings (SSSR count). The van der Waals surface area contributed by atoms with Gasteiger partial charge in [0.15, 0.2) is 0 Å². The van der Waals surface area contributed by atoms with Crippen LogP contribution >= 0.6 is 0 Å². The van der Waals surface area contributed by atoms with Crippen molar-refractivity contribution in [2.24, 2.45) is 0 Å². The number of nitrogens with zero attached hydrogens (tertiary/aromatic N) is 3. The van der Waals surface area contributed by atoms with Gasteiger partial charge in [-0.1, -0.05) is 72.8 Å². The van der Waals surface area contributed by atoms with E-state index < -0.39 is 0 Å². The predicted molar refractivity (Wildman–Crippen MR) is 139 cm³/mol. The lowest BCUT2D eigenvalue weighted by molar-refractivity contribution is 1.07. The Kier molecular flexibility index (Phi) is 4.71. The normalized spacial score (nSPS) is 11.1. The lowest BCUT2D eigenvalue weighted by Gasteiger charge is -2.13. The topological polar surface area (TPSA) is 41.6 Å². The van der Waals surface area contributed by atoms with Crippen LogP contribution in [0.25, 0.3) is 50.0 Å². The average molecular weight is 436 g/mol. The van der Waals surface area contributed by atoms with Crippen LogP contribution in [0.15, 0.2) is 109 Å². The fraction of sp³-hybridized carbons (Fsp3) is 0.0323. The number of para-hydroxylation sites is 1. The number of hydrogen-bond donors (Lipinski definition) is 0. The van der Waals surface area contributed by atoms with Gasteiger partial charge in [-0.15, -0.1) is 0 Å². The van der Waals surface area contributed by atoms with Gasteiger partial charge >= 0.3 is 0 Å². The van der Waals surface area contributed by atoms with Crippen LogP contribution in [0.5, 0.6) is 0 Å². The predicted octanol–water partition coefficient (Wildman–Crippen LogP) is 7.69. The van der Waals surface area contributed by atoms with Gasteiger partial charge in [-0.3, -0.25) is 4.57 Å². The minimum Gasteiger partial charge on any atom is -0.294 e. The molecule has 0 aliphatic carbocycles. The Morgan fingerprint density at radius 2 is 1.38 bits per heavy atom. The molecule has 3 nitrogen and oxygen atoms in total. The Hall–Kier alpha value is -4.68. The molecule has 0 N–H and O–H groups in total. The van der Waals surface area contributed by atoms with Gasteiger partial charge in [0.05, 0.1) is 28.4 Å². The fourth-order valence-corrected chi connectivity index (χ4v) is 4.77. The molecule has 0 bridgehead atoms. The maximum atomic E-state index is 9.44. The molecule has 0 saturated carbocycles.